The van der Waals surface area contributed by atoms with Gasteiger partial charge in [-0.25, -0.2) is 0 Å². The van der Waals surface area contributed by atoms with Crippen LogP contribution in [0, 0.1) is 19.8 Å². The highest BCUT2D eigenvalue weighted by Gasteiger charge is 2.25. The molecule has 2 rings (SSSR count). The molecule has 80 valence electrons. The third kappa shape index (κ3) is 1.95. The standard InChI is InChI=1S/C13H16O2/c1-9-4-3-5-12(10(9)2)13(14)11-6-7-15-8-11/h3-5,11H,6-8H2,1-2H3. The van der Waals surface area contributed by atoms with E-state index in [1.165, 1.54) is 5.56 Å². The van der Waals surface area contributed by atoms with Gasteiger partial charge >= 0.3 is 0 Å². The predicted molar refractivity (Wildman–Crippen MR) is 59.2 cm³/mol. The van der Waals surface area contributed by atoms with Gasteiger partial charge < -0.3 is 4.74 Å². The lowest BCUT2D eigenvalue weighted by atomic mass is 9.92. The van der Waals surface area contributed by atoms with E-state index in [1.54, 1.807) is 0 Å². The number of aryl methyl sites for hydroxylation is 1. The fourth-order valence-corrected chi connectivity index (χ4v) is 1.98. The normalized spacial score (nSPS) is 20.5. The Bertz CT molecular complexity index is 376. The average molecular weight is 204 g/mol. The van der Waals surface area contributed by atoms with E-state index in [0.717, 1.165) is 24.2 Å². The molecule has 0 aliphatic carbocycles. The van der Waals surface area contributed by atoms with E-state index in [-0.39, 0.29) is 11.7 Å². The fraction of sp³-hybridized carbons (Fsp3) is 0.462. The van der Waals surface area contributed by atoms with Crippen LogP contribution in [-0.4, -0.2) is 19.0 Å². The Morgan fingerprint density at radius 2 is 2.20 bits per heavy atom. The first-order chi connectivity index (χ1) is 7.20. The van der Waals surface area contributed by atoms with Crippen molar-refractivity contribution in [3.05, 3.63) is 34.9 Å². The van der Waals surface area contributed by atoms with E-state index in [4.69, 9.17) is 4.74 Å². The number of ether oxygens (including phenoxy) is 1. The van der Waals surface area contributed by atoms with Crippen molar-refractivity contribution in [2.24, 2.45) is 5.92 Å². The van der Waals surface area contributed by atoms with Crippen LogP contribution >= 0.6 is 0 Å². The van der Waals surface area contributed by atoms with Gasteiger partial charge in [-0.3, -0.25) is 4.79 Å². The number of hydrogen-bond donors (Lipinski definition) is 0. The minimum Gasteiger partial charge on any atom is -0.381 e. The molecule has 1 aliphatic heterocycles. The molecule has 0 bridgehead atoms. The molecule has 0 amide bonds. The topological polar surface area (TPSA) is 26.3 Å². The minimum atomic E-state index is 0.0745. The summed E-state index contributed by atoms with van der Waals surface area (Å²) in [7, 11) is 0. The number of hydrogen-bond acceptors (Lipinski definition) is 2. The van der Waals surface area contributed by atoms with Crippen LogP contribution in [0.5, 0.6) is 0 Å². The van der Waals surface area contributed by atoms with E-state index in [0.29, 0.717) is 6.61 Å². The fourth-order valence-electron chi connectivity index (χ4n) is 1.98. The van der Waals surface area contributed by atoms with E-state index in [1.807, 2.05) is 32.0 Å². The highest BCUT2D eigenvalue weighted by Crippen LogP contribution is 2.21. The Labute approximate surface area is 90.3 Å². The van der Waals surface area contributed by atoms with E-state index >= 15 is 0 Å². The molecule has 0 spiro atoms. The first kappa shape index (κ1) is 10.4. The Morgan fingerprint density at radius 1 is 1.40 bits per heavy atom. The summed E-state index contributed by atoms with van der Waals surface area (Å²) < 4.78 is 5.25. The molecule has 1 atom stereocenters. The first-order valence-electron chi connectivity index (χ1n) is 5.38. The molecule has 2 heteroatoms. The Morgan fingerprint density at radius 3 is 2.87 bits per heavy atom. The van der Waals surface area contributed by atoms with Crippen molar-refractivity contribution in [1.82, 2.24) is 0 Å². The minimum absolute atomic E-state index is 0.0745. The van der Waals surface area contributed by atoms with Gasteiger partial charge in [0.25, 0.3) is 0 Å². The number of rotatable bonds is 2. The zero-order chi connectivity index (χ0) is 10.8. The number of Topliss-reactive ketones (excluding diaryl/α,β-unsaturated/α-hetero) is 1. The van der Waals surface area contributed by atoms with Crippen molar-refractivity contribution >= 4 is 5.78 Å². The zero-order valence-corrected chi connectivity index (χ0v) is 9.25. The maximum atomic E-state index is 12.1. The van der Waals surface area contributed by atoms with Crippen LogP contribution in [0.1, 0.15) is 27.9 Å². The van der Waals surface area contributed by atoms with Gasteiger partial charge in [0, 0.05) is 18.1 Å². The second kappa shape index (κ2) is 4.15. The summed E-state index contributed by atoms with van der Waals surface area (Å²) in [6.07, 6.45) is 0.867. The van der Waals surface area contributed by atoms with E-state index in [9.17, 15) is 4.79 Å². The van der Waals surface area contributed by atoms with Gasteiger partial charge in [-0.15, -0.1) is 0 Å². The predicted octanol–water partition coefficient (Wildman–Crippen LogP) is 2.52. The summed E-state index contributed by atoms with van der Waals surface area (Å²) in [5.74, 6) is 0.319. The van der Waals surface area contributed by atoms with Crippen LogP contribution in [0.25, 0.3) is 0 Å². The van der Waals surface area contributed by atoms with Crippen LogP contribution in [0.4, 0.5) is 0 Å². The van der Waals surface area contributed by atoms with E-state index < -0.39 is 0 Å². The van der Waals surface area contributed by atoms with Crippen molar-refractivity contribution in [2.75, 3.05) is 13.2 Å². The van der Waals surface area contributed by atoms with E-state index in [2.05, 4.69) is 0 Å². The molecule has 1 fully saturated rings. The number of benzene rings is 1. The molecule has 2 nitrogen and oxygen atoms in total. The molecule has 0 radical (unpaired) electrons. The molecule has 1 aliphatic rings. The van der Waals surface area contributed by atoms with Crippen molar-refractivity contribution in [3.63, 3.8) is 0 Å². The van der Waals surface area contributed by atoms with Gasteiger partial charge in [0.15, 0.2) is 5.78 Å². The van der Waals surface area contributed by atoms with Gasteiger partial charge in [-0.1, -0.05) is 18.2 Å². The molecular weight excluding hydrogens is 188 g/mol. The van der Waals surface area contributed by atoms with Crippen molar-refractivity contribution < 1.29 is 9.53 Å². The molecule has 1 heterocycles. The lowest BCUT2D eigenvalue weighted by molar-refractivity contribution is 0.0899. The lowest BCUT2D eigenvalue weighted by Gasteiger charge is -2.10. The summed E-state index contributed by atoms with van der Waals surface area (Å²) >= 11 is 0. The molecule has 1 saturated heterocycles. The lowest BCUT2D eigenvalue weighted by Crippen LogP contribution is -2.16. The molecular formula is C13H16O2. The Balaban J connectivity index is 2.28. The molecule has 1 unspecified atom stereocenters. The van der Waals surface area contributed by atoms with Gasteiger partial charge in [-0.2, -0.15) is 0 Å². The zero-order valence-electron chi connectivity index (χ0n) is 9.25. The number of ketones is 1. The number of carbonyl (C=O) groups is 1. The summed E-state index contributed by atoms with van der Waals surface area (Å²) in [6, 6.07) is 5.91. The average Bonchev–Trinajstić information content (AvgIpc) is 2.74. The highest BCUT2D eigenvalue weighted by atomic mass is 16.5. The van der Waals surface area contributed by atoms with Crippen molar-refractivity contribution in [1.29, 1.82) is 0 Å². The van der Waals surface area contributed by atoms with Crippen LogP contribution in [0.15, 0.2) is 18.2 Å². The van der Waals surface area contributed by atoms with Gasteiger partial charge in [0.1, 0.15) is 0 Å². The summed E-state index contributed by atoms with van der Waals surface area (Å²) in [5.41, 5.74) is 3.15. The maximum absolute atomic E-state index is 12.1. The quantitative estimate of drug-likeness (QED) is 0.692. The maximum Gasteiger partial charge on any atom is 0.168 e. The molecule has 1 aromatic carbocycles. The highest BCUT2D eigenvalue weighted by molar-refractivity contribution is 5.99. The Hall–Kier alpha value is -1.15. The van der Waals surface area contributed by atoms with Gasteiger partial charge in [0.05, 0.1) is 6.61 Å². The molecule has 0 aromatic heterocycles. The number of carbonyl (C=O) groups excluding carboxylic acids is 1. The monoisotopic (exact) mass is 204 g/mol. The summed E-state index contributed by atoms with van der Waals surface area (Å²) in [5, 5.41) is 0. The molecule has 0 saturated carbocycles. The summed E-state index contributed by atoms with van der Waals surface area (Å²) in [4.78, 5) is 12.1. The largest absolute Gasteiger partial charge is 0.381 e. The third-order valence-electron chi connectivity index (χ3n) is 3.17. The van der Waals surface area contributed by atoms with Crippen LogP contribution in [0.3, 0.4) is 0 Å². The molecule has 0 N–H and O–H groups in total. The van der Waals surface area contributed by atoms with Crippen LogP contribution in [0.2, 0.25) is 0 Å². The van der Waals surface area contributed by atoms with Crippen molar-refractivity contribution in [2.45, 2.75) is 20.3 Å². The van der Waals surface area contributed by atoms with Crippen LogP contribution < -0.4 is 0 Å². The Kier molecular flexibility index (Phi) is 2.87. The van der Waals surface area contributed by atoms with Crippen molar-refractivity contribution in [3.8, 4) is 0 Å². The SMILES string of the molecule is Cc1cccc(C(=O)C2CCOC2)c1C. The first-order valence-corrected chi connectivity index (χ1v) is 5.38. The third-order valence-corrected chi connectivity index (χ3v) is 3.17. The summed E-state index contributed by atoms with van der Waals surface area (Å²) in [6.45, 7) is 5.36. The second-order valence-electron chi connectivity index (χ2n) is 4.17. The van der Waals surface area contributed by atoms with Gasteiger partial charge in [0.2, 0.25) is 0 Å². The van der Waals surface area contributed by atoms with Gasteiger partial charge in [-0.05, 0) is 31.4 Å². The van der Waals surface area contributed by atoms with Crippen LogP contribution in [-0.2, 0) is 4.74 Å². The molecule has 15 heavy (non-hydrogen) atoms. The molecule has 1 aromatic rings. The second-order valence-corrected chi connectivity index (χ2v) is 4.17. The smallest absolute Gasteiger partial charge is 0.168 e.